The Hall–Kier alpha value is -2.96. The average Bonchev–Trinajstić information content (AvgIpc) is 2.74. The lowest BCUT2D eigenvalue weighted by Gasteiger charge is -2.18. The van der Waals surface area contributed by atoms with Gasteiger partial charge < -0.3 is 10.4 Å². The molecule has 3 aromatic rings. The van der Waals surface area contributed by atoms with Crippen molar-refractivity contribution in [1.29, 1.82) is 0 Å². The number of aromatic nitrogens is 2. The molecule has 1 aromatic heterocycles. The molecule has 0 saturated carbocycles. The van der Waals surface area contributed by atoms with Gasteiger partial charge in [-0.05, 0) is 50.6 Å². The van der Waals surface area contributed by atoms with E-state index < -0.39 is 0 Å². The summed E-state index contributed by atoms with van der Waals surface area (Å²) in [7, 11) is 0. The highest BCUT2D eigenvalue weighted by atomic mass is 35.5. The van der Waals surface area contributed by atoms with Crippen LogP contribution < -0.4 is 10.9 Å². The van der Waals surface area contributed by atoms with Crippen LogP contribution >= 0.6 is 11.6 Å². The lowest BCUT2D eigenvalue weighted by Crippen LogP contribution is -2.36. The van der Waals surface area contributed by atoms with Crippen LogP contribution in [0, 0.1) is 13.8 Å². The summed E-state index contributed by atoms with van der Waals surface area (Å²) >= 11 is 6.00. The van der Waals surface area contributed by atoms with Crippen molar-refractivity contribution >= 4 is 17.5 Å². The second kappa shape index (κ2) is 9.90. The number of hydrogen-bond acceptors (Lipinski definition) is 4. The number of rotatable bonds is 7. The van der Waals surface area contributed by atoms with E-state index in [1.807, 2.05) is 38.1 Å². The van der Waals surface area contributed by atoms with Gasteiger partial charge in [0.05, 0.1) is 6.04 Å². The van der Waals surface area contributed by atoms with Gasteiger partial charge in [-0.1, -0.05) is 41.4 Å². The molecule has 0 bridgehead atoms. The molecule has 0 unspecified atom stereocenters. The number of benzene rings is 2. The maximum absolute atomic E-state index is 13.2. The molecule has 7 heteroatoms. The molecule has 0 spiro atoms. The van der Waals surface area contributed by atoms with E-state index in [4.69, 9.17) is 11.6 Å². The fourth-order valence-corrected chi connectivity index (χ4v) is 3.56. The second-order valence-electron chi connectivity index (χ2n) is 7.57. The maximum Gasteiger partial charge on any atom is 0.257 e. The molecule has 31 heavy (non-hydrogen) atoms. The third kappa shape index (κ3) is 5.40. The monoisotopic (exact) mass is 439 g/mol. The average molecular weight is 440 g/mol. The standard InChI is InChI=1S/C24H26ClN3O3/c1-15-4-6-18(7-5-15)16(2)26-22(30)14-28-23(19-8-10-20(25)11-9-19)27-17(3)21(12-13-29)24(28)31/h4-11,16,29H,12-14H2,1-3H3,(H,26,30)/t16-/m1/s1. The number of hydrogen-bond donors (Lipinski definition) is 2. The first-order chi connectivity index (χ1) is 14.8. The number of carbonyl (C=O) groups excluding carboxylic acids is 1. The van der Waals surface area contributed by atoms with Crippen LogP contribution in [0.2, 0.25) is 5.02 Å². The highest BCUT2D eigenvalue weighted by Gasteiger charge is 2.19. The van der Waals surface area contributed by atoms with Crippen LogP contribution in [0.5, 0.6) is 0 Å². The molecule has 3 rings (SSSR count). The Labute approximate surface area is 186 Å². The van der Waals surface area contributed by atoms with Crippen molar-refractivity contribution < 1.29 is 9.90 Å². The summed E-state index contributed by atoms with van der Waals surface area (Å²) in [6, 6.07) is 14.7. The summed E-state index contributed by atoms with van der Waals surface area (Å²) in [4.78, 5) is 30.6. The summed E-state index contributed by atoms with van der Waals surface area (Å²) < 4.78 is 1.36. The van der Waals surface area contributed by atoms with E-state index in [1.165, 1.54) is 4.57 Å². The van der Waals surface area contributed by atoms with Crippen LogP contribution in [0.1, 0.15) is 35.3 Å². The topological polar surface area (TPSA) is 84.2 Å². The zero-order valence-electron chi connectivity index (χ0n) is 17.9. The Morgan fingerprint density at radius 2 is 1.77 bits per heavy atom. The quantitative estimate of drug-likeness (QED) is 0.589. The molecule has 0 saturated heterocycles. The van der Waals surface area contributed by atoms with E-state index in [2.05, 4.69) is 10.3 Å². The molecule has 1 amide bonds. The van der Waals surface area contributed by atoms with Gasteiger partial charge >= 0.3 is 0 Å². The van der Waals surface area contributed by atoms with Gasteiger partial charge in [0.1, 0.15) is 12.4 Å². The molecule has 0 aliphatic carbocycles. The van der Waals surface area contributed by atoms with Crippen LogP contribution in [0.4, 0.5) is 0 Å². The number of aryl methyl sites for hydroxylation is 2. The van der Waals surface area contributed by atoms with Crippen LogP contribution in [-0.4, -0.2) is 27.2 Å². The summed E-state index contributed by atoms with van der Waals surface area (Å²) in [6.07, 6.45) is 0.181. The molecule has 2 aromatic carbocycles. The van der Waals surface area contributed by atoms with Gasteiger partial charge in [0.25, 0.3) is 5.56 Å². The largest absolute Gasteiger partial charge is 0.396 e. The van der Waals surface area contributed by atoms with Gasteiger partial charge in [-0.2, -0.15) is 0 Å². The molecule has 0 aliphatic heterocycles. The van der Waals surface area contributed by atoms with E-state index in [-0.39, 0.29) is 37.1 Å². The Kier molecular flexibility index (Phi) is 7.25. The van der Waals surface area contributed by atoms with E-state index in [1.54, 1.807) is 31.2 Å². The minimum atomic E-state index is -0.329. The number of amides is 1. The first kappa shape index (κ1) is 22.7. The SMILES string of the molecule is Cc1ccc([C@@H](C)NC(=O)Cn2c(-c3ccc(Cl)cc3)nc(C)c(CCO)c2=O)cc1. The van der Waals surface area contributed by atoms with Crippen molar-refractivity contribution in [3.63, 3.8) is 0 Å². The van der Waals surface area contributed by atoms with Crippen molar-refractivity contribution in [2.75, 3.05) is 6.61 Å². The van der Waals surface area contributed by atoms with E-state index in [9.17, 15) is 14.7 Å². The zero-order valence-corrected chi connectivity index (χ0v) is 18.6. The third-order valence-corrected chi connectivity index (χ3v) is 5.44. The summed E-state index contributed by atoms with van der Waals surface area (Å²) in [6.45, 7) is 5.28. The number of nitrogens with one attached hydrogen (secondary N) is 1. The second-order valence-corrected chi connectivity index (χ2v) is 8.01. The lowest BCUT2D eigenvalue weighted by atomic mass is 10.1. The number of nitrogens with zero attached hydrogens (tertiary/aromatic N) is 2. The van der Waals surface area contributed by atoms with Crippen LogP contribution in [-0.2, 0) is 17.8 Å². The van der Waals surface area contributed by atoms with E-state index in [0.29, 0.717) is 27.7 Å². The minimum absolute atomic E-state index is 0.172. The third-order valence-electron chi connectivity index (χ3n) is 5.19. The van der Waals surface area contributed by atoms with Crippen molar-refractivity contribution in [3.8, 4) is 11.4 Å². The van der Waals surface area contributed by atoms with Crippen LogP contribution in [0.25, 0.3) is 11.4 Å². The maximum atomic E-state index is 13.2. The Balaban J connectivity index is 1.94. The Morgan fingerprint density at radius 1 is 1.13 bits per heavy atom. The predicted molar refractivity (Wildman–Crippen MR) is 122 cm³/mol. The fourth-order valence-electron chi connectivity index (χ4n) is 3.44. The first-order valence-corrected chi connectivity index (χ1v) is 10.5. The molecule has 0 fully saturated rings. The molecular weight excluding hydrogens is 414 g/mol. The Bertz CT molecular complexity index is 1120. The summed E-state index contributed by atoms with van der Waals surface area (Å²) in [5.41, 5.74) is 3.41. The van der Waals surface area contributed by atoms with Gasteiger partial charge in [0, 0.05) is 34.9 Å². The molecule has 0 radical (unpaired) electrons. The minimum Gasteiger partial charge on any atom is -0.396 e. The van der Waals surface area contributed by atoms with Crippen molar-refractivity contribution in [2.24, 2.45) is 0 Å². The van der Waals surface area contributed by atoms with Crippen molar-refractivity contribution in [3.05, 3.63) is 86.3 Å². The van der Waals surface area contributed by atoms with Gasteiger partial charge in [-0.15, -0.1) is 0 Å². The fraction of sp³-hybridized carbons (Fsp3) is 0.292. The van der Waals surface area contributed by atoms with Gasteiger partial charge in [0.15, 0.2) is 0 Å². The normalized spacial score (nSPS) is 11.9. The molecule has 1 atom stereocenters. The molecule has 6 nitrogen and oxygen atoms in total. The Morgan fingerprint density at radius 3 is 2.39 bits per heavy atom. The van der Waals surface area contributed by atoms with E-state index in [0.717, 1.165) is 11.1 Å². The van der Waals surface area contributed by atoms with Crippen LogP contribution in [0.3, 0.4) is 0 Å². The van der Waals surface area contributed by atoms with Gasteiger partial charge in [0.2, 0.25) is 5.91 Å². The summed E-state index contributed by atoms with van der Waals surface area (Å²) in [5.74, 6) is 0.0879. The highest BCUT2D eigenvalue weighted by molar-refractivity contribution is 6.30. The number of aliphatic hydroxyl groups is 1. The van der Waals surface area contributed by atoms with E-state index >= 15 is 0 Å². The summed E-state index contributed by atoms with van der Waals surface area (Å²) in [5, 5.41) is 12.9. The predicted octanol–water partition coefficient (Wildman–Crippen LogP) is 3.59. The van der Waals surface area contributed by atoms with Crippen LogP contribution in [0.15, 0.2) is 53.3 Å². The van der Waals surface area contributed by atoms with Gasteiger partial charge in [-0.25, -0.2) is 4.98 Å². The van der Waals surface area contributed by atoms with Gasteiger partial charge in [-0.3, -0.25) is 14.2 Å². The number of aliphatic hydroxyl groups excluding tert-OH is 1. The smallest absolute Gasteiger partial charge is 0.257 e. The number of halogens is 1. The molecule has 1 heterocycles. The lowest BCUT2D eigenvalue weighted by molar-refractivity contribution is -0.122. The van der Waals surface area contributed by atoms with Crippen molar-refractivity contribution in [1.82, 2.24) is 14.9 Å². The molecule has 162 valence electrons. The molecular formula is C24H26ClN3O3. The molecule has 2 N–H and O–H groups in total. The first-order valence-electron chi connectivity index (χ1n) is 10.1. The zero-order chi connectivity index (χ0) is 22.5. The number of carbonyl (C=O) groups is 1. The molecule has 0 aliphatic rings. The highest BCUT2D eigenvalue weighted by Crippen LogP contribution is 2.20. The van der Waals surface area contributed by atoms with Crippen molar-refractivity contribution in [2.45, 2.75) is 39.8 Å².